The summed E-state index contributed by atoms with van der Waals surface area (Å²) in [6.45, 7) is 4.09. The van der Waals surface area contributed by atoms with E-state index in [0.29, 0.717) is 12.8 Å². The van der Waals surface area contributed by atoms with Gasteiger partial charge in [-0.1, -0.05) is 6.08 Å². The van der Waals surface area contributed by atoms with Crippen molar-refractivity contribution in [3.63, 3.8) is 0 Å². The number of rotatable bonds is 9. The lowest BCUT2D eigenvalue weighted by Gasteiger charge is -2.13. The predicted molar refractivity (Wildman–Crippen MR) is 72.0 cm³/mol. The summed E-state index contributed by atoms with van der Waals surface area (Å²) in [5.41, 5.74) is 0. The quantitative estimate of drug-likeness (QED) is 0.373. The predicted octanol–water partition coefficient (Wildman–Crippen LogP) is 4.73. The van der Waals surface area contributed by atoms with Gasteiger partial charge in [-0.05, 0) is 31.9 Å². The van der Waals surface area contributed by atoms with E-state index >= 15 is 0 Å². The molecule has 1 aromatic carbocycles. The summed E-state index contributed by atoms with van der Waals surface area (Å²) in [5, 5.41) is 0. The standard InChI is InChI=1S/C15H18F4O2/c1-3-4-5-9-20-11-6-7-12(14(17)13(11)16)21-10-8-15(2,18)19/h3,6-7H,1,4-5,8-10H2,2H3. The van der Waals surface area contributed by atoms with Crippen LogP contribution in [0.2, 0.25) is 0 Å². The molecule has 0 atom stereocenters. The smallest absolute Gasteiger partial charge is 0.248 e. The highest BCUT2D eigenvalue weighted by atomic mass is 19.3. The number of benzene rings is 1. The van der Waals surface area contributed by atoms with E-state index in [1.54, 1.807) is 6.08 Å². The zero-order valence-electron chi connectivity index (χ0n) is 11.8. The molecule has 0 spiro atoms. The third-order valence-corrected chi connectivity index (χ3v) is 2.62. The second kappa shape index (κ2) is 7.90. The number of ether oxygens (including phenoxy) is 2. The van der Waals surface area contributed by atoms with Gasteiger partial charge >= 0.3 is 0 Å². The van der Waals surface area contributed by atoms with Crippen LogP contribution in [0.4, 0.5) is 17.6 Å². The molecule has 21 heavy (non-hydrogen) atoms. The first kappa shape index (κ1) is 17.3. The molecule has 0 aliphatic heterocycles. The van der Waals surface area contributed by atoms with Crippen molar-refractivity contribution in [1.29, 1.82) is 0 Å². The van der Waals surface area contributed by atoms with Crippen LogP contribution < -0.4 is 9.47 Å². The van der Waals surface area contributed by atoms with Crippen molar-refractivity contribution in [3.05, 3.63) is 36.4 Å². The first-order valence-electron chi connectivity index (χ1n) is 6.57. The van der Waals surface area contributed by atoms with Gasteiger partial charge in [-0.15, -0.1) is 6.58 Å². The Hall–Kier alpha value is -1.72. The lowest BCUT2D eigenvalue weighted by molar-refractivity contribution is 0.000410. The molecular formula is C15H18F4O2. The summed E-state index contributed by atoms with van der Waals surface area (Å²) in [5.74, 6) is -5.98. The fourth-order valence-electron chi connectivity index (χ4n) is 1.49. The Kier molecular flexibility index (Phi) is 6.52. The Bertz CT molecular complexity index is 469. The molecule has 1 aromatic rings. The minimum atomic E-state index is -2.91. The number of allylic oxidation sites excluding steroid dienone is 1. The number of hydrogen-bond donors (Lipinski definition) is 0. The SMILES string of the molecule is C=CCCCOc1ccc(OCCC(C)(F)F)c(F)c1F. The van der Waals surface area contributed by atoms with Crippen molar-refractivity contribution in [2.75, 3.05) is 13.2 Å². The Balaban J connectivity index is 2.60. The van der Waals surface area contributed by atoms with Gasteiger partial charge < -0.3 is 9.47 Å². The Morgan fingerprint density at radius 1 is 1.10 bits per heavy atom. The molecular weight excluding hydrogens is 288 g/mol. The molecule has 0 aliphatic carbocycles. The monoisotopic (exact) mass is 306 g/mol. The van der Waals surface area contributed by atoms with Crippen molar-refractivity contribution in [2.24, 2.45) is 0 Å². The van der Waals surface area contributed by atoms with Gasteiger partial charge in [-0.25, -0.2) is 8.78 Å². The molecule has 0 unspecified atom stereocenters. The largest absolute Gasteiger partial charge is 0.490 e. The molecule has 1 rings (SSSR count). The summed E-state index contributed by atoms with van der Waals surface area (Å²) in [4.78, 5) is 0. The third kappa shape index (κ3) is 6.06. The van der Waals surface area contributed by atoms with Crippen molar-refractivity contribution < 1.29 is 27.0 Å². The highest BCUT2D eigenvalue weighted by molar-refractivity contribution is 5.35. The fourth-order valence-corrected chi connectivity index (χ4v) is 1.49. The molecule has 0 aliphatic rings. The number of alkyl halides is 2. The zero-order chi connectivity index (χ0) is 15.9. The first-order chi connectivity index (χ1) is 9.85. The Morgan fingerprint density at radius 3 is 2.10 bits per heavy atom. The maximum Gasteiger partial charge on any atom is 0.248 e. The summed E-state index contributed by atoms with van der Waals surface area (Å²) < 4.78 is 62.5. The van der Waals surface area contributed by atoms with Crippen molar-refractivity contribution >= 4 is 0 Å². The first-order valence-corrected chi connectivity index (χ1v) is 6.57. The van der Waals surface area contributed by atoms with Crippen LogP contribution >= 0.6 is 0 Å². The van der Waals surface area contributed by atoms with Crippen LogP contribution in [0.15, 0.2) is 24.8 Å². The number of halogens is 4. The van der Waals surface area contributed by atoms with E-state index in [1.165, 1.54) is 6.07 Å². The van der Waals surface area contributed by atoms with E-state index in [9.17, 15) is 17.6 Å². The van der Waals surface area contributed by atoms with Gasteiger partial charge in [0.25, 0.3) is 0 Å². The van der Waals surface area contributed by atoms with Crippen LogP contribution in [0.3, 0.4) is 0 Å². The lowest BCUT2D eigenvalue weighted by Crippen LogP contribution is -2.15. The van der Waals surface area contributed by atoms with Gasteiger partial charge in [0.15, 0.2) is 11.5 Å². The van der Waals surface area contributed by atoms with E-state index in [4.69, 9.17) is 9.47 Å². The second-order valence-corrected chi connectivity index (χ2v) is 4.64. The molecule has 2 nitrogen and oxygen atoms in total. The fraction of sp³-hybridized carbons (Fsp3) is 0.467. The van der Waals surface area contributed by atoms with Crippen LogP contribution in [0.1, 0.15) is 26.2 Å². The molecule has 0 N–H and O–H groups in total. The molecule has 0 saturated carbocycles. The van der Waals surface area contributed by atoms with E-state index in [0.717, 1.165) is 13.0 Å². The maximum atomic E-state index is 13.7. The summed E-state index contributed by atoms with van der Waals surface area (Å²) in [6.07, 6.45) is 2.46. The van der Waals surface area contributed by atoms with E-state index in [-0.39, 0.29) is 12.4 Å². The summed E-state index contributed by atoms with van der Waals surface area (Å²) in [7, 11) is 0. The average molecular weight is 306 g/mol. The van der Waals surface area contributed by atoms with Crippen molar-refractivity contribution in [3.8, 4) is 11.5 Å². The average Bonchev–Trinajstić information content (AvgIpc) is 2.40. The Labute approximate surface area is 121 Å². The molecule has 0 heterocycles. The maximum absolute atomic E-state index is 13.7. The molecule has 0 aromatic heterocycles. The lowest BCUT2D eigenvalue weighted by atomic mass is 10.2. The minimum absolute atomic E-state index is 0.227. The normalized spacial score (nSPS) is 11.3. The highest BCUT2D eigenvalue weighted by Crippen LogP contribution is 2.28. The highest BCUT2D eigenvalue weighted by Gasteiger charge is 2.22. The summed E-state index contributed by atoms with van der Waals surface area (Å²) in [6, 6.07) is 2.38. The zero-order valence-corrected chi connectivity index (χ0v) is 11.8. The molecule has 6 heteroatoms. The molecule has 118 valence electrons. The van der Waals surface area contributed by atoms with Gasteiger partial charge in [-0.2, -0.15) is 8.78 Å². The van der Waals surface area contributed by atoms with Gasteiger partial charge in [0.1, 0.15) is 0 Å². The van der Waals surface area contributed by atoms with Crippen LogP contribution in [0, 0.1) is 11.6 Å². The van der Waals surface area contributed by atoms with Crippen molar-refractivity contribution in [2.45, 2.75) is 32.1 Å². The minimum Gasteiger partial charge on any atom is -0.490 e. The molecule has 0 radical (unpaired) electrons. The van der Waals surface area contributed by atoms with Crippen molar-refractivity contribution in [1.82, 2.24) is 0 Å². The van der Waals surface area contributed by atoms with Crippen LogP contribution in [-0.4, -0.2) is 19.1 Å². The Morgan fingerprint density at radius 2 is 1.62 bits per heavy atom. The van der Waals surface area contributed by atoms with Crippen LogP contribution in [-0.2, 0) is 0 Å². The van der Waals surface area contributed by atoms with Crippen LogP contribution in [0.5, 0.6) is 11.5 Å². The topological polar surface area (TPSA) is 18.5 Å². The van der Waals surface area contributed by atoms with E-state index < -0.39 is 36.3 Å². The van der Waals surface area contributed by atoms with Gasteiger partial charge in [0.2, 0.25) is 17.6 Å². The molecule has 0 amide bonds. The van der Waals surface area contributed by atoms with Gasteiger partial charge in [-0.3, -0.25) is 0 Å². The number of unbranched alkanes of at least 4 members (excludes halogenated alkanes) is 1. The second-order valence-electron chi connectivity index (χ2n) is 4.64. The van der Waals surface area contributed by atoms with Crippen LogP contribution in [0.25, 0.3) is 0 Å². The van der Waals surface area contributed by atoms with E-state index in [1.807, 2.05) is 0 Å². The molecule has 0 saturated heterocycles. The summed E-state index contributed by atoms with van der Waals surface area (Å²) >= 11 is 0. The third-order valence-electron chi connectivity index (χ3n) is 2.62. The molecule has 0 bridgehead atoms. The van der Waals surface area contributed by atoms with Gasteiger partial charge in [0.05, 0.1) is 13.2 Å². The molecule has 0 fully saturated rings. The van der Waals surface area contributed by atoms with E-state index in [2.05, 4.69) is 6.58 Å². The number of hydrogen-bond acceptors (Lipinski definition) is 2. The van der Waals surface area contributed by atoms with Gasteiger partial charge in [0, 0.05) is 6.42 Å².